The lowest BCUT2D eigenvalue weighted by molar-refractivity contribution is 0.466. The van der Waals surface area contributed by atoms with Crippen LogP contribution in [-0.2, 0) is 0 Å². The zero-order valence-corrected chi connectivity index (χ0v) is 9.46. The lowest BCUT2D eigenvalue weighted by atomic mass is 10.3. The van der Waals surface area contributed by atoms with Crippen molar-refractivity contribution < 1.29 is 0 Å². The highest BCUT2D eigenvalue weighted by molar-refractivity contribution is 6.17. The van der Waals surface area contributed by atoms with Crippen molar-refractivity contribution in [2.75, 3.05) is 13.2 Å². The Morgan fingerprint density at radius 3 is 2.20 bits per heavy atom. The second-order valence-corrected chi connectivity index (χ2v) is 3.66. The second-order valence-electron chi connectivity index (χ2n) is 3.66. The summed E-state index contributed by atoms with van der Waals surface area (Å²) in [5, 5.41) is 0. The summed E-state index contributed by atoms with van der Waals surface area (Å²) in [5.41, 5.74) is -0.167. The van der Waals surface area contributed by atoms with Crippen molar-refractivity contribution in [3.8, 4) is 0 Å². The summed E-state index contributed by atoms with van der Waals surface area (Å²) in [7, 11) is 0. The van der Waals surface area contributed by atoms with Crippen molar-refractivity contribution in [2.45, 2.75) is 26.4 Å². The molecule has 0 aromatic carbocycles. The molecule has 0 N–H and O–H groups in total. The van der Waals surface area contributed by atoms with E-state index in [4.69, 9.17) is 0 Å². The van der Waals surface area contributed by atoms with Crippen LogP contribution in [0.15, 0.2) is 20.0 Å². The molecule has 15 heavy (non-hydrogen) atoms. The van der Waals surface area contributed by atoms with Crippen LogP contribution in [0.5, 0.6) is 0 Å². The summed E-state index contributed by atoms with van der Waals surface area (Å²) in [4.78, 5) is 17.8. The highest BCUT2D eigenvalue weighted by atomic mass is 15.2. The molecule has 0 saturated heterocycles. The van der Waals surface area contributed by atoms with E-state index < -0.39 is 0 Å². The zero-order chi connectivity index (χ0) is 11.1. The molecule has 0 fully saturated rings. The van der Waals surface area contributed by atoms with E-state index in [1.165, 1.54) is 0 Å². The molecule has 0 spiro atoms. The molecule has 2 heterocycles. The molecule has 0 aromatic rings. The van der Waals surface area contributed by atoms with E-state index in [2.05, 4.69) is 26.9 Å². The normalized spacial score (nSPS) is 20.3. The van der Waals surface area contributed by atoms with E-state index in [1.807, 2.05) is 18.7 Å². The van der Waals surface area contributed by atoms with Crippen LogP contribution in [0.4, 0.5) is 0 Å². The number of aliphatic imine (C=N–C) groups is 4. The minimum absolute atomic E-state index is 0.167. The molecule has 0 aromatic heterocycles. The first-order valence-electron chi connectivity index (χ1n) is 4.99. The average molecular weight is 207 g/mol. The van der Waals surface area contributed by atoms with Gasteiger partial charge in [0.1, 0.15) is 18.7 Å². The van der Waals surface area contributed by atoms with Crippen molar-refractivity contribution >= 4 is 25.1 Å². The predicted molar refractivity (Wildman–Crippen MR) is 65.3 cm³/mol. The fourth-order valence-corrected chi connectivity index (χ4v) is 0.996. The minimum Gasteiger partial charge on any atom is -0.343 e. The van der Waals surface area contributed by atoms with Crippen molar-refractivity contribution in [2.24, 2.45) is 20.0 Å². The van der Waals surface area contributed by atoms with E-state index in [0.29, 0.717) is 0 Å². The molecule has 0 unspecified atom stereocenters. The Morgan fingerprint density at radius 2 is 1.93 bits per heavy atom. The lowest BCUT2D eigenvalue weighted by Crippen LogP contribution is -2.23. The maximum absolute atomic E-state index is 4.02. The highest BCUT2D eigenvalue weighted by Crippen LogP contribution is 2.10. The van der Waals surface area contributed by atoms with Gasteiger partial charge >= 0.3 is 0 Å². The van der Waals surface area contributed by atoms with Crippen LogP contribution in [0.1, 0.15) is 20.8 Å². The summed E-state index contributed by atoms with van der Waals surface area (Å²) in [6.45, 7) is 7.76. The van der Waals surface area contributed by atoms with Gasteiger partial charge in [-0.15, -0.1) is 0 Å². The third-order valence-electron chi connectivity index (χ3n) is 1.90. The summed E-state index contributed by atoms with van der Waals surface area (Å²) in [6.07, 6.45) is 6.82. The van der Waals surface area contributed by atoms with Crippen LogP contribution in [-0.4, -0.2) is 48.9 Å². The molecular weight excluding hydrogens is 190 g/mol. The number of hydrogen-bond acceptors (Lipinski definition) is 5. The predicted octanol–water partition coefficient (Wildman–Crippen LogP) is 1.21. The molecule has 0 saturated carbocycles. The molecule has 5 nitrogen and oxygen atoms in total. The molecule has 2 rings (SSSR count). The van der Waals surface area contributed by atoms with Crippen LogP contribution < -0.4 is 0 Å². The fourth-order valence-electron chi connectivity index (χ4n) is 0.996. The van der Waals surface area contributed by atoms with Gasteiger partial charge < -0.3 is 4.90 Å². The van der Waals surface area contributed by atoms with Crippen molar-refractivity contribution in [3.63, 3.8) is 0 Å². The van der Waals surface area contributed by atoms with Gasteiger partial charge in [-0.1, -0.05) is 0 Å². The Balaban J connectivity index is 0.000000151. The van der Waals surface area contributed by atoms with Crippen molar-refractivity contribution in [3.05, 3.63) is 0 Å². The van der Waals surface area contributed by atoms with Crippen LogP contribution in [0.25, 0.3) is 0 Å². The maximum atomic E-state index is 4.02. The van der Waals surface area contributed by atoms with Crippen molar-refractivity contribution in [1.82, 2.24) is 4.90 Å². The zero-order valence-electron chi connectivity index (χ0n) is 9.46. The maximum Gasteiger partial charge on any atom is 0.144 e. The van der Waals surface area contributed by atoms with Gasteiger partial charge in [-0.3, -0.25) is 15.0 Å². The molecule has 0 amide bonds. The first-order valence-corrected chi connectivity index (χ1v) is 4.99. The third kappa shape index (κ3) is 4.49. The van der Waals surface area contributed by atoms with Gasteiger partial charge in [0.25, 0.3) is 0 Å². The monoisotopic (exact) mass is 207 g/mol. The molecule has 0 radical (unpaired) electrons. The molecule has 0 atom stereocenters. The smallest absolute Gasteiger partial charge is 0.144 e. The van der Waals surface area contributed by atoms with Crippen LogP contribution in [0.2, 0.25) is 0 Å². The fraction of sp³-hybridized carbons (Fsp3) is 0.600. The number of rotatable bonds is 1. The standard InChI is InChI=1S/C5H9N3.C5H8N2/c1-2-8-4-6-3-7-5-8;1-5(2)6-3-4-7-5/h3-4H,2,5H2,1H3;3-4H,1-2H3. The molecule has 0 bridgehead atoms. The Labute approximate surface area is 90.4 Å². The van der Waals surface area contributed by atoms with E-state index in [9.17, 15) is 0 Å². The third-order valence-corrected chi connectivity index (χ3v) is 1.90. The molecule has 0 aliphatic carbocycles. The van der Waals surface area contributed by atoms with Gasteiger partial charge in [-0.2, -0.15) is 0 Å². The summed E-state index contributed by atoms with van der Waals surface area (Å²) >= 11 is 0. The molecular formula is C10H17N5. The topological polar surface area (TPSA) is 52.7 Å². The first-order chi connectivity index (χ1) is 7.14. The average Bonchev–Trinajstić information content (AvgIpc) is 2.65. The Morgan fingerprint density at radius 1 is 1.27 bits per heavy atom. The van der Waals surface area contributed by atoms with E-state index in [-0.39, 0.29) is 5.66 Å². The van der Waals surface area contributed by atoms with E-state index in [1.54, 1.807) is 25.1 Å². The lowest BCUT2D eigenvalue weighted by Gasteiger charge is -2.14. The Hall–Kier alpha value is -1.52. The molecule has 82 valence electrons. The van der Waals surface area contributed by atoms with Crippen LogP contribution in [0.3, 0.4) is 0 Å². The number of hydrogen-bond donors (Lipinski definition) is 0. The van der Waals surface area contributed by atoms with Crippen molar-refractivity contribution in [1.29, 1.82) is 0 Å². The van der Waals surface area contributed by atoms with Gasteiger partial charge in [0.15, 0.2) is 0 Å². The summed E-state index contributed by atoms with van der Waals surface area (Å²) in [6, 6.07) is 0. The van der Waals surface area contributed by atoms with Crippen LogP contribution in [0, 0.1) is 0 Å². The SMILES string of the molecule is CC1(C)N=CC=N1.CCN1C=NC=NC1. The van der Waals surface area contributed by atoms with Crippen LogP contribution >= 0.6 is 0 Å². The Kier molecular flexibility index (Phi) is 4.15. The molecule has 5 heteroatoms. The van der Waals surface area contributed by atoms with Gasteiger partial charge in [-0.05, 0) is 20.8 Å². The quantitative estimate of drug-likeness (QED) is 0.637. The van der Waals surface area contributed by atoms with Gasteiger partial charge in [-0.25, -0.2) is 4.99 Å². The van der Waals surface area contributed by atoms with E-state index >= 15 is 0 Å². The summed E-state index contributed by atoms with van der Waals surface area (Å²) < 4.78 is 0. The highest BCUT2D eigenvalue weighted by Gasteiger charge is 2.12. The van der Waals surface area contributed by atoms with Gasteiger partial charge in [0.05, 0.1) is 6.34 Å². The number of nitrogens with zero attached hydrogens (tertiary/aromatic N) is 5. The second kappa shape index (κ2) is 5.38. The minimum atomic E-state index is -0.167. The molecule has 2 aliphatic heterocycles. The van der Waals surface area contributed by atoms with Gasteiger partial charge in [0.2, 0.25) is 0 Å². The van der Waals surface area contributed by atoms with E-state index in [0.717, 1.165) is 13.2 Å². The Bertz CT molecular complexity index is 287. The largest absolute Gasteiger partial charge is 0.343 e. The van der Waals surface area contributed by atoms with Gasteiger partial charge in [0, 0.05) is 19.0 Å². The first kappa shape index (κ1) is 11.6. The summed E-state index contributed by atoms with van der Waals surface area (Å²) in [5.74, 6) is 0. The molecule has 2 aliphatic rings.